The molecule has 0 aliphatic carbocycles. The van der Waals surface area contributed by atoms with Crippen molar-refractivity contribution in [3.8, 4) is 22.6 Å². The summed E-state index contributed by atoms with van der Waals surface area (Å²) in [4.78, 5) is 15.3. The molecule has 2 N–H and O–H groups in total. The van der Waals surface area contributed by atoms with E-state index in [0.29, 0.717) is 22.9 Å². The largest absolute Gasteiger partial charge is 0.440 e. The lowest BCUT2D eigenvalue weighted by Gasteiger charge is -2.03. The van der Waals surface area contributed by atoms with Crippen molar-refractivity contribution in [2.24, 2.45) is 5.73 Å². The van der Waals surface area contributed by atoms with E-state index in [1.54, 1.807) is 19.1 Å². The van der Waals surface area contributed by atoms with Crippen molar-refractivity contribution in [2.75, 3.05) is 0 Å². The molecule has 25 heavy (non-hydrogen) atoms. The normalized spacial score (nSPS) is 10.4. The molecule has 1 aromatic heterocycles. The number of aromatic nitrogens is 1. The molecule has 2 aromatic carbocycles. The lowest BCUT2D eigenvalue weighted by Crippen LogP contribution is -2.24. The van der Waals surface area contributed by atoms with Crippen LogP contribution in [0.5, 0.6) is 0 Å². The van der Waals surface area contributed by atoms with Crippen molar-refractivity contribution in [3.63, 3.8) is 0 Å². The van der Waals surface area contributed by atoms with E-state index < -0.39 is 21.1 Å². The molecule has 0 unspecified atom stereocenters. The summed E-state index contributed by atoms with van der Waals surface area (Å²) < 4.78 is 28.1. The van der Waals surface area contributed by atoms with Gasteiger partial charge in [-0.05, 0) is 0 Å². The van der Waals surface area contributed by atoms with E-state index in [1.807, 2.05) is 30.3 Å². The second-order valence-electron chi connectivity index (χ2n) is 5.28. The van der Waals surface area contributed by atoms with Crippen molar-refractivity contribution >= 4 is 21.1 Å². The minimum atomic E-state index is -2.71. The van der Waals surface area contributed by atoms with Crippen LogP contribution >= 0.6 is 0 Å². The number of hydrogen-bond acceptors (Lipinski definition) is 5. The molecular weight excluding hydrogens is 340 g/mol. The number of nitrogens with zero attached hydrogens (tertiary/aromatic N) is 1. The zero-order chi connectivity index (χ0) is 18.0. The van der Waals surface area contributed by atoms with Crippen LogP contribution < -0.4 is 5.73 Å². The van der Waals surface area contributed by atoms with Gasteiger partial charge in [-0.3, -0.25) is 4.79 Å². The summed E-state index contributed by atoms with van der Waals surface area (Å²) in [7, 11) is -2.71. The molecule has 3 aromatic rings. The SMILES string of the molecule is Cc1nc(-c2ccccc2)c(-c2ccc(C(C(N)=O)=S(=O)=O)cc2)o1. The molecular formula is C18H14N2O4S. The van der Waals surface area contributed by atoms with Crippen LogP contribution in [0.25, 0.3) is 22.6 Å². The average Bonchev–Trinajstić information content (AvgIpc) is 2.97. The number of benzene rings is 2. The minimum Gasteiger partial charge on any atom is -0.440 e. The number of hydrogen-bond donors (Lipinski definition) is 1. The van der Waals surface area contributed by atoms with Crippen LogP contribution in [0.1, 0.15) is 11.5 Å². The highest BCUT2D eigenvalue weighted by Gasteiger charge is 2.17. The second kappa shape index (κ2) is 6.74. The van der Waals surface area contributed by atoms with Gasteiger partial charge in [0.25, 0.3) is 5.91 Å². The van der Waals surface area contributed by atoms with Gasteiger partial charge in [0.15, 0.2) is 16.5 Å². The van der Waals surface area contributed by atoms with E-state index in [1.165, 1.54) is 12.1 Å². The number of amides is 1. The van der Waals surface area contributed by atoms with Crippen LogP contribution in [0, 0.1) is 6.92 Å². The number of carbonyl (C=O) groups is 1. The first-order valence-electron chi connectivity index (χ1n) is 7.37. The number of carbonyl (C=O) groups excluding carboxylic acids is 1. The Kier molecular flexibility index (Phi) is 4.49. The number of rotatable bonds is 4. The van der Waals surface area contributed by atoms with Gasteiger partial charge in [0, 0.05) is 23.6 Å². The molecule has 0 aliphatic rings. The van der Waals surface area contributed by atoms with Gasteiger partial charge in [0.05, 0.1) is 0 Å². The van der Waals surface area contributed by atoms with Gasteiger partial charge in [-0.1, -0.05) is 54.6 Å². The Hall–Kier alpha value is -3.19. The molecule has 0 saturated carbocycles. The summed E-state index contributed by atoms with van der Waals surface area (Å²) >= 11 is 0. The lowest BCUT2D eigenvalue weighted by atomic mass is 10.0. The van der Waals surface area contributed by atoms with E-state index in [9.17, 15) is 13.2 Å². The van der Waals surface area contributed by atoms with Gasteiger partial charge in [-0.2, -0.15) is 8.42 Å². The maximum absolute atomic E-state index is 11.3. The Morgan fingerprint density at radius 1 is 1.00 bits per heavy atom. The van der Waals surface area contributed by atoms with Crippen LogP contribution in [0.3, 0.4) is 0 Å². The summed E-state index contributed by atoms with van der Waals surface area (Å²) in [5, 5.41) is 0. The van der Waals surface area contributed by atoms with Crippen molar-refractivity contribution in [1.29, 1.82) is 0 Å². The lowest BCUT2D eigenvalue weighted by molar-refractivity contribution is -0.111. The highest BCUT2D eigenvalue weighted by Crippen LogP contribution is 2.32. The van der Waals surface area contributed by atoms with Crippen LogP contribution in [0.2, 0.25) is 0 Å². The first kappa shape index (κ1) is 16.7. The third kappa shape index (κ3) is 3.36. The topological polar surface area (TPSA) is 103 Å². The van der Waals surface area contributed by atoms with E-state index in [4.69, 9.17) is 10.2 Å². The van der Waals surface area contributed by atoms with Crippen LogP contribution in [-0.4, -0.2) is 24.2 Å². The number of nitrogens with two attached hydrogens (primary N) is 1. The third-order valence-electron chi connectivity index (χ3n) is 3.58. The summed E-state index contributed by atoms with van der Waals surface area (Å²) in [6.45, 7) is 1.75. The Morgan fingerprint density at radius 3 is 2.20 bits per heavy atom. The zero-order valence-electron chi connectivity index (χ0n) is 13.3. The molecule has 0 bridgehead atoms. The Morgan fingerprint density at radius 2 is 1.64 bits per heavy atom. The molecule has 0 atom stereocenters. The summed E-state index contributed by atoms with van der Waals surface area (Å²) in [6, 6.07) is 15.9. The zero-order valence-corrected chi connectivity index (χ0v) is 14.1. The fraction of sp³-hybridized carbons (Fsp3) is 0.0556. The number of aryl methyl sites for hydroxylation is 1. The predicted octanol–water partition coefficient (Wildman–Crippen LogP) is 2.20. The van der Waals surface area contributed by atoms with E-state index in [2.05, 4.69) is 4.98 Å². The van der Waals surface area contributed by atoms with Crippen LogP contribution in [-0.2, 0) is 15.1 Å². The van der Waals surface area contributed by atoms with Gasteiger partial charge in [-0.15, -0.1) is 0 Å². The molecule has 0 fully saturated rings. The molecule has 0 saturated heterocycles. The molecule has 0 aliphatic heterocycles. The molecule has 126 valence electrons. The summed E-state index contributed by atoms with van der Waals surface area (Å²) in [5.41, 5.74) is 7.66. The monoisotopic (exact) mass is 354 g/mol. The minimum absolute atomic E-state index is 0.224. The smallest absolute Gasteiger partial charge is 0.264 e. The fourth-order valence-electron chi connectivity index (χ4n) is 2.51. The molecule has 6 nitrogen and oxygen atoms in total. The molecule has 0 radical (unpaired) electrons. The van der Waals surface area contributed by atoms with Crippen molar-refractivity contribution < 1.29 is 17.6 Å². The number of primary amides is 1. The Bertz CT molecular complexity index is 1060. The van der Waals surface area contributed by atoms with E-state index >= 15 is 0 Å². The quantitative estimate of drug-likeness (QED) is 0.571. The highest BCUT2D eigenvalue weighted by molar-refractivity contribution is 7.75. The van der Waals surface area contributed by atoms with Gasteiger partial charge in [0.2, 0.25) is 10.3 Å². The second-order valence-corrected chi connectivity index (χ2v) is 6.16. The van der Waals surface area contributed by atoms with E-state index in [0.717, 1.165) is 5.56 Å². The molecule has 0 spiro atoms. The average molecular weight is 354 g/mol. The Labute approximate surface area is 145 Å². The molecule has 1 amide bonds. The van der Waals surface area contributed by atoms with Crippen molar-refractivity contribution in [3.05, 3.63) is 66.1 Å². The molecule has 1 heterocycles. The maximum atomic E-state index is 11.3. The standard InChI is InChI=1S/C18H14N2O4S/c1-11-20-15(12-5-3-2-4-6-12)16(24-11)13-7-9-14(10-8-13)17(18(19)21)25(22)23/h2-10H,1H3,(H2,19,21). The van der Waals surface area contributed by atoms with Crippen molar-refractivity contribution in [1.82, 2.24) is 4.98 Å². The number of oxazole rings is 1. The Balaban J connectivity index is 2.08. The highest BCUT2D eigenvalue weighted by atomic mass is 32.2. The first-order chi connectivity index (χ1) is 12.0. The third-order valence-corrected chi connectivity index (χ3v) is 4.35. The van der Waals surface area contributed by atoms with Gasteiger partial charge < -0.3 is 10.2 Å². The summed E-state index contributed by atoms with van der Waals surface area (Å²) in [6.07, 6.45) is 0. The van der Waals surface area contributed by atoms with E-state index in [-0.39, 0.29) is 5.56 Å². The van der Waals surface area contributed by atoms with Crippen LogP contribution in [0.4, 0.5) is 0 Å². The molecule has 7 heteroatoms. The van der Waals surface area contributed by atoms with Gasteiger partial charge in [-0.25, -0.2) is 4.98 Å². The van der Waals surface area contributed by atoms with Gasteiger partial charge in [0.1, 0.15) is 5.69 Å². The van der Waals surface area contributed by atoms with Crippen molar-refractivity contribution in [2.45, 2.75) is 6.92 Å². The predicted molar refractivity (Wildman–Crippen MR) is 94.3 cm³/mol. The van der Waals surface area contributed by atoms with Gasteiger partial charge >= 0.3 is 0 Å². The molecule has 3 rings (SSSR count). The maximum Gasteiger partial charge on any atom is 0.264 e. The summed E-state index contributed by atoms with van der Waals surface area (Å²) in [5.74, 6) is 0.0867. The first-order valence-corrected chi connectivity index (χ1v) is 8.44. The fourth-order valence-corrected chi connectivity index (χ4v) is 3.00. The van der Waals surface area contributed by atoms with Crippen LogP contribution in [0.15, 0.2) is 59.0 Å².